The Morgan fingerprint density at radius 2 is 1.68 bits per heavy atom. The number of benzene rings is 3. The quantitative estimate of drug-likeness (QED) is 0.239. The summed E-state index contributed by atoms with van der Waals surface area (Å²) in [6, 6.07) is 22.2. The van der Waals surface area contributed by atoms with E-state index in [1.54, 1.807) is 48.5 Å². The number of ketones is 1. The number of rotatable bonds is 7. The summed E-state index contributed by atoms with van der Waals surface area (Å²) in [6.45, 7) is 0. The maximum absolute atomic E-state index is 13.4. The average Bonchev–Trinajstić information content (AvgIpc) is 3.42. The molecule has 0 unspecified atom stereocenters. The smallest absolute Gasteiger partial charge is 0.337 e. The molecule has 0 bridgehead atoms. The highest BCUT2D eigenvalue weighted by molar-refractivity contribution is 6.31. The van der Waals surface area contributed by atoms with Crippen LogP contribution in [0.1, 0.15) is 26.4 Å². The van der Waals surface area contributed by atoms with Crippen molar-refractivity contribution < 1.29 is 14.7 Å². The highest BCUT2D eigenvalue weighted by Crippen LogP contribution is 2.28. The van der Waals surface area contributed by atoms with Crippen molar-refractivity contribution in [2.45, 2.75) is 0 Å². The van der Waals surface area contributed by atoms with Gasteiger partial charge in [-0.25, -0.2) is 9.48 Å². The van der Waals surface area contributed by atoms with Gasteiger partial charge in [0.25, 0.3) is 0 Å². The molecule has 38 heavy (non-hydrogen) atoms. The van der Waals surface area contributed by atoms with Crippen LogP contribution >= 0.6 is 23.2 Å². The minimum Gasteiger partial charge on any atom is -0.478 e. The van der Waals surface area contributed by atoms with Crippen LogP contribution in [-0.4, -0.2) is 43.9 Å². The number of carboxylic acid groups (broad SMARTS) is 1. The molecular formula is C28H19Cl2N5O3. The molecule has 0 aliphatic heterocycles. The molecule has 0 atom stereocenters. The van der Waals surface area contributed by atoms with Gasteiger partial charge in [-0.05, 0) is 66.7 Å². The largest absolute Gasteiger partial charge is 0.478 e. The van der Waals surface area contributed by atoms with Crippen LogP contribution < -0.4 is 4.90 Å². The molecule has 3 aromatic carbocycles. The number of carbonyl (C=O) groups is 2. The molecule has 0 saturated carbocycles. The van der Waals surface area contributed by atoms with Crippen molar-refractivity contribution in [3.05, 3.63) is 118 Å². The van der Waals surface area contributed by atoms with Gasteiger partial charge in [-0.2, -0.15) is 0 Å². The number of aromatic carboxylic acids is 1. The molecule has 1 N–H and O–H groups in total. The first-order chi connectivity index (χ1) is 18.3. The van der Waals surface area contributed by atoms with E-state index in [1.807, 2.05) is 30.1 Å². The third-order valence-corrected chi connectivity index (χ3v) is 6.45. The molecule has 0 fully saturated rings. The molecule has 2 aromatic heterocycles. The molecule has 0 aliphatic rings. The van der Waals surface area contributed by atoms with Crippen molar-refractivity contribution in [1.82, 2.24) is 20.0 Å². The summed E-state index contributed by atoms with van der Waals surface area (Å²) in [6.07, 6.45) is 3.05. The van der Waals surface area contributed by atoms with Gasteiger partial charge in [0.15, 0.2) is 0 Å². The van der Waals surface area contributed by atoms with Gasteiger partial charge < -0.3 is 10.0 Å². The van der Waals surface area contributed by atoms with E-state index in [2.05, 4.69) is 15.3 Å². The summed E-state index contributed by atoms with van der Waals surface area (Å²) >= 11 is 12.1. The van der Waals surface area contributed by atoms with E-state index in [1.165, 1.54) is 29.2 Å². The summed E-state index contributed by atoms with van der Waals surface area (Å²) in [4.78, 5) is 31.7. The number of carboxylic acids is 1. The van der Waals surface area contributed by atoms with Crippen molar-refractivity contribution in [2.75, 3.05) is 11.9 Å². The lowest BCUT2D eigenvalue weighted by Gasteiger charge is -2.20. The van der Waals surface area contributed by atoms with Gasteiger partial charge in [-0.15, -0.1) is 5.10 Å². The fourth-order valence-electron chi connectivity index (χ4n) is 4.00. The Kier molecular flexibility index (Phi) is 6.91. The Labute approximate surface area is 227 Å². The van der Waals surface area contributed by atoms with Gasteiger partial charge >= 0.3 is 5.97 Å². The number of nitrogens with zero attached hydrogens (tertiary/aromatic N) is 5. The second-order valence-electron chi connectivity index (χ2n) is 8.34. The van der Waals surface area contributed by atoms with Crippen LogP contribution in [0.5, 0.6) is 0 Å². The fourth-order valence-corrected chi connectivity index (χ4v) is 4.32. The molecule has 2 heterocycles. The van der Waals surface area contributed by atoms with E-state index < -0.39 is 11.8 Å². The minimum absolute atomic E-state index is 0.112. The minimum atomic E-state index is -1.22. The molecule has 0 spiro atoms. The summed E-state index contributed by atoms with van der Waals surface area (Å²) in [5.41, 5.74) is 3.36. The lowest BCUT2D eigenvalue weighted by atomic mass is 10.0. The SMILES string of the molecule is CN(c1ccc(Cl)cc1)c1ccnc(C(=O)c2ccc(-n3nncc3-c3cccc(Cl)c3)c(C(=O)O)c2)c1. The Bertz CT molecular complexity index is 1670. The van der Waals surface area contributed by atoms with Crippen LogP contribution in [0, 0.1) is 0 Å². The van der Waals surface area contributed by atoms with Gasteiger partial charge in [0, 0.05) is 45.8 Å². The zero-order valence-corrected chi connectivity index (χ0v) is 21.4. The van der Waals surface area contributed by atoms with Crippen molar-refractivity contribution in [3.8, 4) is 16.9 Å². The van der Waals surface area contributed by atoms with Crippen LogP contribution in [0.3, 0.4) is 0 Å². The van der Waals surface area contributed by atoms with E-state index in [0.717, 1.165) is 11.4 Å². The molecule has 0 amide bonds. The summed E-state index contributed by atoms with van der Waals surface area (Å²) < 4.78 is 1.41. The zero-order chi connectivity index (χ0) is 26.8. The van der Waals surface area contributed by atoms with E-state index in [4.69, 9.17) is 23.2 Å². The third-order valence-electron chi connectivity index (χ3n) is 5.96. The molecule has 0 saturated heterocycles. The Balaban J connectivity index is 1.50. The molecule has 8 nitrogen and oxygen atoms in total. The fraction of sp³-hybridized carbons (Fsp3) is 0.0357. The highest BCUT2D eigenvalue weighted by atomic mass is 35.5. The Morgan fingerprint density at radius 3 is 2.42 bits per heavy atom. The highest BCUT2D eigenvalue weighted by Gasteiger charge is 2.21. The molecule has 0 radical (unpaired) electrons. The summed E-state index contributed by atoms with van der Waals surface area (Å²) in [5, 5.41) is 19.2. The first kappa shape index (κ1) is 25.1. The molecule has 5 aromatic rings. The maximum atomic E-state index is 13.4. The van der Waals surface area contributed by atoms with Crippen LogP contribution in [0.25, 0.3) is 16.9 Å². The molecular weight excluding hydrogens is 525 g/mol. The van der Waals surface area contributed by atoms with Crippen molar-refractivity contribution >= 4 is 46.3 Å². The van der Waals surface area contributed by atoms with Gasteiger partial charge in [-0.3, -0.25) is 9.78 Å². The number of halogens is 2. The number of aromatic nitrogens is 4. The van der Waals surface area contributed by atoms with Crippen LogP contribution in [0.4, 0.5) is 11.4 Å². The monoisotopic (exact) mass is 543 g/mol. The predicted octanol–water partition coefficient (Wildman–Crippen LogP) is 6.33. The summed E-state index contributed by atoms with van der Waals surface area (Å²) in [7, 11) is 1.86. The van der Waals surface area contributed by atoms with E-state index in [0.29, 0.717) is 21.3 Å². The number of anilines is 2. The molecule has 188 valence electrons. The number of hydrogen-bond donors (Lipinski definition) is 1. The van der Waals surface area contributed by atoms with E-state index in [9.17, 15) is 14.7 Å². The lowest BCUT2D eigenvalue weighted by Crippen LogP contribution is -2.13. The molecule has 5 rings (SSSR count). The average molecular weight is 544 g/mol. The van der Waals surface area contributed by atoms with Gasteiger partial charge in [-0.1, -0.05) is 40.5 Å². The van der Waals surface area contributed by atoms with Crippen LogP contribution in [-0.2, 0) is 0 Å². The number of hydrogen-bond acceptors (Lipinski definition) is 6. The van der Waals surface area contributed by atoms with E-state index in [-0.39, 0.29) is 22.5 Å². The lowest BCUT2D eigenvalue weighted by molar-refractivity contribution is 0.0696. The number of carbonyl (C=O) groups excluding carboxylic acids is 1. The van der Waals surface area contributed by atoms with E-state index >= 15 is 0 Å². The molecule has 10 heteroatoms. The van der Waals surface area contributed by atoms with Crippen molar-refractivity contribution in [3.63, 3.8) is 0 Å². The first-order valence-corrected chi connectivity index (χ1v) is 12.1. The Hall–Kier alpha value is -4.53. The van der Waals surface area contributed by atoms with Crippen molar-refractivity contribution in [1.29, 1.82) is 0 Å². The van der Waals surface area contributed by atoms with Gasteiger partial charge in [0.2, 0.25) is 5.78 Å². The predicted molar refractivity (Wildman–Crippen MR) is 146 cm³/mol. The second-order valence-corrected chi connectivity index (χ2v) is 9.22. The third kappa shape index (κ3) is 5.00. The van der Waals surface area contributed by atoms with Crippen molar-refractivity contribution in [2.24, 2.45) is 0 Å². The van der Waals surface area contributed by atoms with Gasteiger partial charge in [0.1, 0.15) is 5.69 Å². The second kappa shape index (κ2) is 10.5. The maximum Gasteiger partial charge on any atom is 0.337 e. The zero-order valence-electron chi connectivity index (χ0n) is 19.9. The van der Waals surface area contributed by atoms with Crippen LogP contribution in [0.15, 0.2) is 91.3 Å². The Morgan fingerprint density at radius 1 is 0.895 bits per heavy atom. The molecule has 0 aliphatic carbocycles. The van der Waals surface area contributed by atoms with Crippen LogP contribution in [0.2, 0.25) is 10.0 Å². The van der Waals surface area contributed by atoms with Gasteiger partial charge in [0.05, 0.1) is 23.1 Å². The normalized spacial score (nSPS) is 10.8. The first-order valence-electron chi connectivity index (χ1n) is 11.4. The standard InChI is InChI=1S/C28H19Cl2N5O3/c1-34(21-8-6-19(29)7-9-21)22-11-12-31-24(15-22)27(36)18-5-10-25(23(14-18)28(37)38)35-26(16-32-33-35)17-3-2-4-20(30)13-17/h2-16H,1H3,(H,37,38). The number of pyridine rings is 1. The summed E-state index contributed by atoms with van der Waals surface area (Å²) in [5.74, 6) is -1.63. The topological polar surface area (TPSA) is 101 Å².